The first kappa shape index (κ1) is 27.5. The van der Waals surface area contributed by atoms with E-state index in [0.29, 0.717) is 23.4 Å². The fourth-order valence-corrected chi connectivity index (χ4v) is 7.30. The molecular weight excluding hydrogens is 488 g/mol. The molecule has 2 aliphatic rings. The fourth-order valence-electron chi connectivity index (χ4n) is 4.72. The van der Waals surface area contributed by atoms with Gasteiger partial charge < -0.3 is 15.0 Å². The van der Waals surface area contributed by atoms with E-state index in [0.717, 1.165) is 25.7 Å². The lowest BCUT2D eigenvalue weighted by Gasteiger charge is -2.26. The Morgan fingerprint density at radius 3 is 2.40 bits per heavy atom. The van der Waals surface area contributed by atoms with E-state index in [4.69, 9.17) is 4.74 Å². The molecule has 1 N–H and O–H groups in total. The molecule has 194 valence electrons. The van der Waals surface area contributed by atoms with Gasteiger partial charge in [-0.05, 0) is 38.3 Å². The Bertz CT molecular complexity index is 989. The number of rotatable bonds is 9. The quantitative estimate of drug-likeness (QED) is 0.390. The van der Waals surface area contributed by atoms with Crippen molar-refractivity contribution in [1.29, 1.82) is 0 Å². The largest absolute Gasteiger partial charge is 0.452 e. The molecule has 2 amide bonds. The van der Waals surface area contributed by atoms with Gasteiger partial charge in [0.15, 0.2) is 16.4 Å². The predicted octanol–water partition coefficient (Wildman–Crippen LogP) is 3.20. The van der Waals surface area contributed by atoms with Crippen molar-refractivity contribution in [1.82, 2.24) is 10.2 Å². The summed E-state index contributed by atoms with van der Waals surface area (Å²) in [7, 11) is -3.13. The molecule has 35 heavy (non-hydrogen) atoms. The number of carbonyl (C=O) groups excluding carboxylic acids is 3. The third kappa shape index (κ3) is 8.52. The van der Waals surface area contributed by atoms with Crippen LogP contribution in [0.4, 0.5) is 0 Å². The minimum absolute atomic E-state index is 0.0518. The molecule has 2 fully saturated rings. The van der Waals surface area contributed by atoms with Gasteiger partial charge in [0.1, 0.15) is 0 Å². The van der Waals surface area contributed by atoms with Crippen molar-refractivity contribution < 1.29 is 27.5 Å². The second kappa shape index (κ2) is 13.3. The van der Waals surface area contributed by atoms with Crippen LogP contribution in [0.5, 0.6) is 0 Å². The Balaban J connectivity index is 1.51. The number of esters is 1. The van der Waals surface area contributed by atoms with Crippen molar-refractivity contribution in [3.05, 3.63) is 29.8 Å². The lowest BCUT2D eigenvalue weighted by molar-refractivity contribution is -0.136. The number of amides is 2. The second-order valence-corrected chi connectivity index (χ2v) is 12.5. The molecule has 3 rings (SSSR count). The summed E-state index contributed by atoms with van der Waals surface area (Å²) in [5.74, 6) is -0.893. The number of carbonyl (C=O) groups is 3. The highest BCUT2D eigenvalue weighted by molar-refractivity contribution is 8.00. The van der Waals surface area contributed by atoms with Crippen molar-refractivity contribution in [3.8, 4) is 0 Å². The number of likely N-dealkylation sites (N-methyl/N-ethyl adjacent to an activating group) is 1. The van der Waals surface area contributed by atoms with E-state index in [1.54, 1.807) is 31.2 Å². The maximum Gasteiger partial charge on any atom is 0.339 e. The van der Waals surface area contributed by atoms with Crippen LogP contribution in [0.1, 0.15) is 68.6 Å². The van der Waals surface area contributed by atoms with Crippen molar-refractivity contribution in [2.45, 2.75) is 75.3 Å². The van der Waals surface area contributed by atoms with Crippen LogP contribution in [0, 0.1) is 0 Å². The molecule has 1 saturated heterocycles. The molecule has 1 aliphatic heterocycles. The second-order valence-electron chi connectivity index (χ2n) is 9.21. The summed E-state index contributed by atoms with van der Waals surface area (Å²) in [5, 5.41) is 3.13. The lowest BCUT2D eigenvalue weighted by Crippen LogP contribution is -2.43. The van der Waals surface area contributed by atoms with Gasteiger partial charge >= 0.3 is 5.97 Å². The van der Waals surface area contributed by atoms with E-state index in [9.17, 15) is 22.8 Å². The zero-order chi connectivity index (χ0) is 25.3. The van der Waals surface area contributed by atoms with Gasteiger partial charge in [-0.25, -0.2) is 13.2 Å². The Morgan fingerprint density at radius 1 is 1.06 bits per heavy atom. The predicted molar refractivity (Wildman–Crippen MR) is 136 cm³/mol. The minimum atomic E-state index is -3.13. The summed E-state index contributed by atoms with van der Waals surface area (Å²) in [5.41, 5.74) is 0.301. The average molecular weight is 525 g/mol. The molecule has 0 unspecified atom stereocenters. The number of thioether (sulfide) groups is 1. The molecule has 1 aliphatic carbocycles. The normalized spacial score (nSPS) is 20.4. The van der Waals surface area contributed by atoms with Gasteiger partial charge in [0, 0.05) is 23.5 Å². The van der Waals surface area contributed by atoms with E-state index in [1.165, 1.54) is 35.9 Å². The maximum atomic E-state index is 12.7. The fraction of sp³-hybridized carbons (Fsp3) is 0.640. The Morgan fingerprint density at radius 2 is 1.74 bits per heavy atom. The Kier molecular flexibility index (Phi) is 10.5. The molecule has 1 aromatic carbocycles. The summed E-state index contributed by atoms with van der Waals surface area (Å²) in [6.45, 7) is 1.67. The number of ether oxygens (including phenoxy) is 1. The highest BCUT2D eigenvalue weighted by Gasteiger charge is 2.34. The smallest absolute Gasteiger partial charge is 0.339 e. The van der Waals surface area contributed by atoms with Gasteiger partial charge in [0.05, 0.1) is 22.8 Å². The van der Waals surface area contributed by atoms with Crippen LogP contribution in [0.3, 0.4) is 0 Å². The van der Waals surface area contributed by atoms with Crippen LogP contribution >= 0.6 is 11.8 Å². The minimum Gasteiger partial charge on any atom is -0.452 e. The summed E-state index contributed by atoms with van der Waals surface area (Å²) < 4.78 is 28.8. The summed E-state index contributed by atoms with van der Waals surface area (Å²) >= 11 is 1.27. The van der Waals surface area contributed by atoms with E-state index in [-0.39, 0.29) is 35.2 Å². The molecule has 0 radical (unpaired) electrons. The van der Waals surface area contributed by atoms with E-state index in [1.807, 2.05) is 0 Å². The average Bonchev–Trinajstić information content (AvgIpc) is 3.17. The standard InChI is InChI=1S/C25H36N2O6S2/c1-2-27(20-14-15-35(31,32)18-20)24(29)16-33-25(30)21-12-8-9-13-22(21)34-17-23(28)26-19-10-6-4-3-5-7-11-19/h8-9,12-13,19-20H,2-7,10-11,14-18H2,1H3,(H,26,28)/t20-/m1/s1. The molecule has 0 aromatic heterocycles. The van der Waals surface area contributed by atoms with Crippen LogP contribution in [-0.2, 0) is 24.2 Å². The number of sulfone groups is 1. The van der Waals surface area contributed by atoms with E-state index >= 15 is 0 Å². The molecular formula is C25H36N2O6S2. The third-order valence-electron chi connectivity index (χ3n) is 6.57. The van der Waals surface area contributed by atoms with Crippen molar-refractivity contribution in [2.24, 2.45) is 0 Å². The van der Waals surface area contributed by atoms with Crippen LogP contribution in [0.25, 0.3) is 0 Å². The zero-order valence-electron chi connectivity index (χ0n) is 20.4. The first-order valence-corrected chi connectivity index (χ1v) is 15.3. The van der Waals surface area contributed by atoms with E-state index < -0.39 is 28.3 Å². The molecule has 0 bridgehead atoms. The first-order chi connectivity index (χ1) is 16.8. The first-order valence-electron chi connectivity index (χ1n) is 12.5. The molecule has 1 saturated carbocycles. The lowest BCUT2D eigenvalue weighted by atomic mass is 9.97. The Hall–Kier alpha value is -2.07. The van der Waals surface area contributed by atoms with Gasteiger partial charge in [-0.15, -0.1) is 11.8 Å². The summed E-state index contributed by atoms with van der Waals surface area (Å²) in [4.78, 5) is 40.0. The molecule has 10 heteroatoms. The highest BCUT2D eigenvalue weighted by Crippen LogP contribution is 2.24. The van der Waals surface area contributed by atoms with Crippen molar-refractivity contribution in [3.63, 3.8) is 0 Å². The summed E-state index contributed by atoms with van der Waals surface area (Å²) in [6, 6.07) is 6.70. The topological polar surface area (TPSA) is 110 Å². The van der Waals surface area contributed by atoms with Crippen LogP contribution in [0.15, 0.2) is 29.2 Å². The molecule has 1 atom stereocenters. The van der Waals surface area contributed by atoms with Gasteiger partial charge in [-0.1, -0.05) is 44.2 Å². The van der Waals surface area contributed by atoms with Crippen LogP contribution < -0.4 is 5.32 Å². The number of nitrogens with zero attached hydrogens (tertiary/aromatic N) is 1. The number of hydrogen-bond donors (Lipinski definition) is 1. The number of hydrogen-bond acceptors (Lipinski definition) is 7. The summed E-state index contributed by atoms with van der Waals surface area (Å²) in [6.07, 6.45) is 8.40. The van der Waals surface area contributed by atoms with Crippen LogP contribution in [-0.4, -0.2) is 73.6 Å². The molecule has 1 heterocycles. The van der Waals surface area contributed by atoms with Gasteiger partial charge in [-0.2, -0.15) is 0 Å². The maximum absolute atomic E-state index is 12.7. The van der Waals surface area contributed by atoms with Gasteiger partial charge in [0.2, 0.25) is 5.91 Å². The monoisotopic (exact) mass is 524 g/mol. The van der Waals surface area contributed by atoms with Crippen molar-refractivity contribution in [2.75, 3.05) is 30.4 Å². The Labute approximate surface area is 212 Å². The molecule has 8 nitrogen and oxygen atoms in total. The van der Waals surface area contributed by atoms with Crippen molar-refractivity contribution >= 4 is 39.4 Å². The third-order valence-corrected chi connectivity index (χ3v) is 9.40. The van der Waals surface area contributed by atoms with E-state index in [2.05, 4.69) is 5.32 Å². The van der Waals surface area contributed by atoms with Gasteiger partial charge in [-0.3, -0.25) is 9.59 Å². The molecule has 0 spiro atoms. The highest BCUT2D eigenvalue weighted by atomic mass is 32.2. The SMILES string of the molecule is CCN(C(=O)COC(=O)c1ccccc1SCC(=O)NC1CCCCCCC1)[C@@H]1CCS(=O)(=O)C1. The number of benzene rings is 1. The number of nitrogens with one attached hydrogen (secondary N) is 1. The zero-order valence-corrected chi connectivity index (χ0v) is 22.0. The molecule has 1 aromatic rings. The van der Waals surface area contributed by atoms with Gasteiger partial charge in [0.25, 0.3) is 5.91 Å². The van der Waals surface area contributed by atoms with Crippen LogP contribution in [0.2, 0.25) is 0 Å².